The van der Waals surface area contributed by atoms with Gasteiger partial charge in [0.05, 0.1) is 11.7 Å². The van der Waals surface area contributed by atoms with E-state index in [1.165, 1.54) is 0 Å². The number of hydrogen-bond donors (Lipinski definition) is 3. The Balaban J connectivity index is 4.05. The van der Waals surface area contributed by atoms with E-state index >= 15 is 0 Å². The van der Waals surface area contributed by atoms with Gasteiger partial charge in [0.15, 0.2) is 0 Å². The largest absolute Gasteiger partial charge is 0.396 e. The minimum absolute atomic E-state index is 0.0515. The molecular formula is C8H18O3. The molecule has 0 aromatic rings. The minimum atomic E-state index is -0.969. The van der Waals surface area contributed by atoms with Crippen LogP contribution in [0.1, 0.15) is 27.2 Å². The summed E-state index contributed by atoms with van der Waals surface area (Å²) in [5, 5.41) is 27.4. The third kappa shape index (κ3) is 3.18. The molecule has 0 aliphatic heterocycles. The molecule has 3 unspecified atom stereocenters. The van der Waals surface area contributed by atoms with E-state index in [-0.39, 0.29) is 12.5 Å². The zero-order valence-corrected chi connectivity index (χ0v) is 7.41. The van der Waals surface area contributed by atoms with Crippen molar-refractivity contribution in [2.75, 3.05) is 6.61 Å². The molecule has 3 heteroatoms. The van der Waals surface area contributed by atoms with Crippen molar-refractivity contribution in [3.8, 4) is 0 Å². The third-order valence-electron chi connectivity index (χ3n) is 2.32. The van der Waals surface area contributed by atoms with Crippen LogP contribution >= 0.6 is 0 Å². The first-order valence-electron chi connectivity index (χ1n) is 3.93. The molecule has 3 atom stereocenters. The maximum absolute atomic E-state index is 9.63. The summed E-state index contributed by atoms with van der Waals surface area (Å²) in [6.45, 7) is 4.97. The van der Waals surface area contributed by atoms with Gasteiger partial charge in [-0.3, -0.25) is 0 Å². The first-order valence-corrected chi connectivity index (χ1v) is 3.93. The average molecular weight is 162 g/mol. The lowest BCUT2D eigenvalue weighted by Crippen LogP contribution is -2.39. The Morgan fingerprint density at radius 1 is 1.36 bits per heavy atom. The first kappa shape index (κ1) is 10.9. The Kier molecular flexibility index (Phi) is 4.00. The second kappa shape index (κ2) is 4.04. The summed E-state index contributed by atoms with van der Waals surface area (Å²) in [7, 11) is 0. The van der Waals surface area contributed by atoms with Crippen LogP contribution in [0.2, 0.25) is 0 Å². The highest BCUT2D eigenvalue weighted by Crippen LogP contribution is 2.23. The lowest BCUT2D eigenvalue weighted by atomic mass is 9.84. The highest BCUT2D eigenvalue weighted by molar-refractivity contribution is 4.81. The summed E-state index contributed by atoms with van der Waals surface area (Å²) in [5.41, 5.74) is -0.969. The van der Waals surface area contributed by atoms with E-state index in [2.05, 4.69) is 0 Å². The van der Waals surface area contributed by atoms with Gasteiger partial charge in [-0.1, -0.05) is 6.92 Å². The van der Waals surface area contributed by atoms with Crippen LogP contribution in [-0.4, -0.2) is 33.6 Å². The van der Waals surface area contributed by atoms with Gasteiger partial charge in [0.2, 0.25) is 0 Å². The second-order valence-electron chi connectivity index (χ2n) is 3.36. The van der Waals surface area contributed by atoms with Gasteiger partial charge in [0.1, 0.15) is 0 Å². The molecule has 0 spiro atoms. The molecular weight excluding hydrogens is 144 g/mol. The van der Waals surface area contributed by atoms with Crippen molar-refractivity contribution in [2.45, 2.75) is 38.9 Å². The zero-order chi connectivity index (χ0) is 9.07. The number of hydrogen-bond acceptors (Lipinski definition) is 3. The lowest BCUT2D eigenvalue weighted by molar-refractivity contribution is -0.0581. The van der Waals surface area contributed by atoms with Crippen molar-refractivity contribution in [1.29, 1.82) is 0 Å². The predicted octanol–water partition coefficient (Wildman–Crippen LogP) is 0.137. The molecule has 68 valence electrons. The quantitative estimate of drug-likeness (QED) is 0.551. The summed E-state index contributed by atoms with van der Waals surface area (Å²) in [6, 6.07) is 0. The van der Waals surface area contributed by atoms with E-state index in [1.54, 1.807) is 20.8 Å². The van der Waals surface area contributed by atoms with Gasteiger partial charge in [0.25, 0.3) is 0 Å². The van der Waals surface area contributed by atoms with Gasteiger partial charge in [-0.2, -0.15) is 0 Å². The van der Waals surface area contributed by atoms with Crippen LogP contribution < -0.4 is 0 Å². The molecule has 0 fully saturated rings. The average Bonchev–Trinajstić information content (AvgIpc) is 1.86. The number of rotatable bonds is 4. The SMILES string of the molecule is CC(O)C(C)C(C)(O)CCO. The predicted molar refractivity (Wildman–Crippen MR) is 43.2 cm³/mol. The molecule has 3 N–H and O–H groups in total. The van der Waals surface area contributed by atoms with E-state index in [0.29, 0.717) is 6.42 Å². The van der Waals surface area contributed by atoms with Gasteiger partial charge in [0, 0.05) is 12.5 Å². The summed E-state index contributed by atoms with van der Waals surface area (Å²) >= 11 is 0. The molecule has 0 radical (unpaired) electrons. The van der Waals surface area contributed by atoms with Crippen LogP contribution in [0.15, 0.2) is 0 Å². The van der Waals surface area contributed by atoms with E-state index in [9.17, 15) is 5.11 Å². The molecule has 0 bridgehead atoms. The fourth-order valence-corrected chi connectivity index (χ4v) is 0.974. The molecule has 0 aromatic carbocycles. The zero-order valence-electron chi connectivity index (χ0n) is 7.41. The number of aliphatic hydroxyl groups excluding tert-OH is 2. The fraction of sp³-hybridized carbons (Fsp3) is 1.00. The first-order chi connectivity index (χ1) is 4.91. The van der Waals surface area contributed by atoms with Crippen LogP contribution in [0, 0.1) is 5.92 Å². The standard InChI is InChI=1S/C8H18O3/c1-6(7(2)10)8(3,11)4-5-9/h6-7,9-11H,4-5H2,1-3H3. The summed E-state index contributed by atoms with van der Waals surface area (Å²) < 4.78 is 0. The van der Waals surface area contributed by atoms with E-state index < -0.39 is 11.7 Å². The molecule has 0 aromatic heterocycles. The monoisotopic (exact) mass is 162 g/mol. The van der Waals surface area contributed by atoms with E-state index in [1.807, 2.05) is 0 Å². The summed E-state index contributed by atoms with van der Waals surface area (Å²) in [6.07, 6.45) is -0.240. The molecule has 11 heavy (non-hydrogen) atoms. The summed E-state index contributed by atoms with van der Waals surface area (Å²) in [5.74, 6) is -0.213. The van der Waals surface area contributed by atoms with Crippen LogP contribution in [0.5, 0.6) is 0 Å². The Morgan fingerprint density at radius 2 is 1.82 bits per heavy atom. The molecule has 0 amide bonds. The molecule has 3 nitrogen and oxygen atoms in total. The van der Waals surface area contributed by atoms with Crippen molar-refractivity contribution in [1.82, 2.24) is 0 Å². The van der Waals surface area contributed by atoms with E-state index in [4.69, 9.17) is 10.2 Å². The molecule has 0 saturated carbocycles. The van der Waals surface area contributed by atoms with Gasteiger partial charge < -0.3 is 15.3 Å². The Labute approximate surface area is 67.7 Å². The van der Waals surface area contributed by atoms with E-state index in [0.717, 1.165) is 0 Å². The maximum Gasteiger partial charge on any atom is 0.0691 e. The molecule has 0 aliphatic carbocycles. The molecule has 0 rings (SSSR count). The topological polar surface area (TPSA) is 60.7 Å². The van der Waals surface area contributed by atoms with Crippen LogP contribution in [0.4, 0.5) is 0 Å². The molecule has 0 aliphatic rings. The van der Waals surface area contributed by atoms with Gasteiger partial charge in [-0.05, 0) is 20.3 Å². The van der Waals surface area contributed by atoms with Crippen LogP contribution in [0.3, 0.4) is 0 Å². The normalized spacial score (nSPS) is 22.4. The minimum Gasteiger partial charge on any atom is -0.396 e. The summed E-state index contributed by atoms with van der Waals surface area (Å²) in [4.78, 5) is 0. The second-order valence-corrected chi connectivity index (χ2v) is 3.36. The van der Waals surface area contributed by atoms with Crippen molar-refractivity contribution < 1.29 is 15.3 Å². The van der Waals surface area contributed by atoms with Gasteiger partial charge >= 0.3 is 0 Å². The smallest absolute Gasteiger partial charge is 0.0691 e. The van der Waals surface area contributed by atoms with Gasteiger partial charge in [-0.15, -0.1) is 0 Å². The highest BCUT2D eigenvalue weighted by atomic mass is 16.3. The lowest BCUT2D eigenvalue weighted by Gasteiger charge is -2.31. The Morgan fingerprint density at radius 3 is 2.09 bits per heavy atom. The maximum atomic E-state index is 9.63. The Hall–Kier alpha value is -0.120. The van der Waals surface area contributed by atoms with Gasteiger partial charge in [-0.25, -0.2) is 0 Å². The number of aliphatic hydroxyl groups is 3. The molecule has 0 heterocycles. The Bertz CT molecular complexity index is 110. The third-order valence-corrected chi connectivity index (χ3v) is 2.32. The van der Waals surface area contributed by atoms with Crippen LogP contribution in [0.25, 0.3) is 0 Å². The van der Waals surface area contributed by atoms with Crippen molar-refractivity contribution in [2.24, 2.45) is 5.92 Å². The van der Waals surface area contributed by atoms with Crippen molar-refractivity contribution in [3.63, 3.8) is 0 Å². The molecule has 0 saturated heterocycles. The van der Waals surface area contributed by atoms with Crippen LogP contribution in [-0.2, 0) is 0 Å². The highest BCUT2D eigenvalue weighted by Gasteiger charge is 2.30. The fourth-order valence-electron chi connectivity index (χ4n) is 0.974. The van der Waals surface area contributed by atoms with Crippen molar-refractivity contribution >= 4 is 0 Å². The van der Waals surface area contributed by atoms with Crippen molar-refractivity contribution in [3.05, 3.63) is 0 Å².